The van der Waals surface area contributed by atoms with Gasteiger partial charge in [-0.1, -0.05) is 0 Å². The van der Waals surface area contributed by atoms with Gasteiger partial charge < -0.3 is 23.9 Å². The normalized spacial score (nSPS) is 23.7. The van der Waals surface area contributed by atoms with Gasteiger partial charge in [0.25, 0.3) is 11.7 Å². The van der Waals surface area contributed by atoms with E-state index in [2.05, 4.69) is 15.9 Å². The van der Waals surface area contributed by atoms with Crippen LogP contribution in [0.25, 0.3) is 5.76 Å². The summed E-state index contributed by atoms with van der Waals surface area (Å²) in [5, 5.41) is 11.0. The smallest absolute Gasteiger partial charge is 0.295 e. The first-order valence-corrected chi connectivity index (χ1v) is 10.1. The minimum Gasteiger partial charge on any atom is -0.507 e. The standard InChI is InChI=1S/C21H20BrNO6/c1-27-15-7-6-12(10-14(15)22)19(24)17-18(16-5-3-9-29-16)23(21(26)20(17)25)11-13-4-2-8-28-13/h3,5-7,9-10,13,18,24H,2,4,8,11H2,1H3/b19-17-. The predicted octanol–water partition coefficient (Wildman–Crippen LogP) is 3.65. The number of Topliss-reactive ketones (excluding diaryl/α,β-unsaturated/α-hetero) is 1. The number of methoxy groups -OCH3 is 1. The van der Waals surface area contributed by atoms with Crippen LogP contribution in [0.15, 0.2) is 51.1 Å². The highest BCUT2D eigenvalue weighted by atomic mass is 79.9. The topological polar surface area (TPSA) is 89.2 Å². The van der Waals surface area contributed by atoms with Crippen molar-refractivity contribution in [1.29, 1.82) is 0 Å². The van der Waals surface area contributed by atoms with Crippen molar-refractivity contribution >= 4 is 33.4 Å². The Bertz CT molecular complexity index is 962. The van der Waals surface area contributed by atoms with Crippen LogP contribution in [0.3, 0.4) is 0 Å². The molecule has 2 atom stereocenters. The fourth-order valence-electron chi connectivity index (χ4n) is 3.79. The maximum absolute atomic E-state index is 12.9. The second-order valence-corrected chi connectivity index (χ2v) is 7.81. The van der Waals surface area contributed by atoms with Crippen LogP contribution in [0.2, 0.25) is 0 Å². The van der Waals surface area contributed by atoms with Crippen LogP contribution in [-0.4, -0.2) is 48.1 Å². The zero-order valence-corrected chi connectivity index (χ0v) is 17.3. The molecule has 0 radical (unpaired) electrons. The molecule has 0 bridgehead atoms. The van der Waals surface area contributed by atoms with Gasteiger partial charge in [0.2, 0.25) is 0 Å². The van der Waals surface area contributed by atoms with E-state index in [-0.39, 0.29) is 24.0 Å². The number of hydrogen-bond donors (Lipinski definition) is 1. The number of amides is 1. The van der Waals surface area contributed by atoms with E-state index < -0.39 is 17.7 Å². The molecule has 1 N–H and O–H groups in total. The number of aliphatic hydroxyl groups is 1. The monoisotopic (exact) mass is 461 g/mol. The molecule has 1 aromatic heterocycles. The van der Waals surface area contributed by atoms with Crippen LogP contribution in [0.5, 0.6) is 5.75 Å². The summed E-state index contributed by atoms with van der Waals surface area (Å²) in [6, 6.07) is 7.51. The lowest BCUT2D eigenvalue weighted by Crippen LogP contribution is -2.36. The highest BCUT2D eigenvalue weighted by molar-refractivity contribution is 9.10. The zero-order valence-electron chi connectivity index (χ0n) is 15.8. The SMILES string of the molecule is COc1ccc(/C(O)=C2/C(=O)C(=O)N(CC3CCCO3)C2c2ccco2)cc1Br. The molecule has 2 aliphatic rings. The third-order valence-electron chi connectivity index (χ3n) is 5.20. The summed E-state index contributed by atoms with van der Waals surface area (Å²) in [7, 11) is 1.53. The number of aliphatic hydroxyl groups excluding tert-OH is 1. The molecule has 4 rings (SSSR count). The van der Waals surface area contributed by atoms with Crippen molar-refractivity contribution in [2.24, 2.45) is 0 Å². The fraction of sp³-hybridized carbons (Fsp3) is 0.333. The third-order valence-corrected chi connectivity index (χ3v) is 5.82. The lowest BCUT2D eigenvalue weighted by molar-refractivity contribution is -0.141. The number of halogens is 1. The Morgan fingerprint density at radius 3 is 2.79 bits per heavy atom. The second-order valence-electron chi connectivity index (χ2n) is 6.95. The molecule has 2 aromatic rings. The molecular weight excluding hydrogens is 442 g/mol. The molecule has 152 valence electrons. The number of nitrogens with zero attached hydrogens (tertiary/aromatic N) is 1. The van der Waals surface area contributed by atoms with E-state index in [1.165, 1.54) is 18.3 Å². The second kappa shape index (κ2) is 8.04. The van der Waals surface area contributed by atoms with E-state index in [0.717, 1.165) is 12.8 Å². The average molecular weight is 462 g/mol. The molecule has 7 nitrogen and oxygen atoms in total. The van der Waals surface area contributed by atoms with E-state index >= 15 is 0 Å². The first-order valence-electron chi connectivity index (χ1n) is 9.28. The first-order chi connectivity index (χ1) is 14.0. The van der Waals surface area contributed by atoms with E-state index in [0.29, 0.717) is 28.2 Å². The molecule has 0 spiro atoms. The molecule has 1 aromatic carbocycles. The molecule has 2 aliphatic heterocycles. The van der Waals surface area contributed by atoms with Gasteiger partial charge >= 0.3 is 0 Å². The number of ether oxygens (including phenoxy) is 2. The molecule has 3 heterocycles. The molecule has 29 heavy (non-hydrogen) atoms. The average Bonchev–Trinajstić information content (AvgIpc) is 3.46. The van der Waals surface area contributed by atoms with Gasteiger partial charge in [0.1, 0.15) is 23.3 Å². The van der Waals surface area contributed by atoms with Gasteiger partial charge in [-0.3, -0.25) is 9.59 Å². The van der Waals surface area contributed by atoms with Crippen molar-refractivity contribution in [2.75, 3.05) is 20.3 Å². The van der Waals surface area contributed by atoms with Crippen molar-refractivity contribution in [3.8, 4) is 5.75 Å². The number of likely N-dealkylation sites (tertiary alicyclic amines) is 1. The molecule has 2 saturated heterocycles. The summed E-state index contributed by atoms with van der Waals surface area (Å²) in [5.41, 5.74) is 0.393. The Morgan fingerprint density at radius 1 is 1.34 bits per heavy atom. The molecule has 0 aliphatic carbocycles. The fourth-order valence-corrected chi connectivity index (χ4v) is 4.33. The van der Waals surface area contributed by atoms with Crippen molar-refractivity contribution in [1.82, 2.24) is 4.90 Å². The minimum atomic E-state index is -0.810. The molecule has 0 saturated carbocycles. The van der Waals surface area contributed by atoms with E-state index in [1.54, 1.807) is 30.3 Å². The number of hydrogen-bond acceptors (Lipinski definition) is 6. The first kappa shape index (κ1) is 19.7. The van der Waals surface area contributed by atoms with Crippen molar-refractivity contribution < 1.29 is 28.6 Å². The highest BCUT2D eigenvalue weighted by Crippen LogP contribution is 2.41. The number of rotatable bonds is 5. The number of furan rings is 1. The van der Waals surface area contributed by atoms with Crippen molar-refractivity contribution in [2.45, 2.75) is 25.0 Å². The highest BCUT2D eigenvalue weighted by Gasteiger charge is 2.48. The molecular formula is C21H20BrNO6. The summed E-state index contributed by atoms with van der Waals surface area (Å²) >= 11 is 3.38. The maximum Gasteiger partial charge on any atom is 0.295 e. The van der Waals surface area contributed by atoms with Gasteiger partial charge in [0.05, 0.1) is 29.5 Å². The Labute approximate surface area is 176 Å². The largest absolute Gasteiger partial charge is 0.507 e. The van der Waals surface area contributed by atoms with Crippen LogP contribution in [0.1, 0.15) is 30.2 Å². The maximum atomic E-state index is 12.9. The van der Waals surface area contributed by atoms with E-state index in [1.807, 2.05) is 0 Å². The van der Waals surface area contributed by atoms with Crippen LogP contribution in [-0.2, 0) is 14.3 Å². The molecule has 8 heteroatoms. The van der Waals surface area contributed by atoms with Crippen LogP contribution in [0.4, 0.5) is 0 Å². The predicted molar refractivity (Wildman–Crippen MR) is 107 cm³/mol. The number of carbonyl (C=O) groups is 2. The molecule has 1 amide bonds. The summed E-state index contributed by atoms with van der Waals surface area (Å²) in [4.78, 5) is 27.1. The van der Waals surface area contributed by atoms with Gasteiger partial charge in [-0.05, 0) is 59.1 Å². The Kier molecular flexibility index (Phi) is 5.47. The summed E-state index contributed by atoms with van der Waals surface area (Å²) < 4.78 is 17.0. The zero-order chi connectivity index (χ0) is 20.5. The Morgan fingerprint density at radius 2 is 2.17 bits per heavy atom. The third kappa shape index (κ3) is 3.58. The van der Waals surface area contributed by atoms with Crippen molar-refractivity contribution in [3.63, 3.8) is 0 Å². The summed E-state index contributed by atoms with van der Waals surface area (Å²) in [6.45, 7) is 0.902. The lowest BCUT2D eigenvalue weighted by Gasteiger charge is -2.25. The molecule has 2 unspecified atom stereocenters. The van der Waals surface area contributed by atoms with Gasteiger partial charge in [0, 0.05) is 18.7 Å². The molecule has 2 fully saturated rings. The van der Waals surface area contributed by atoms with Crippen LogP contribution in [0, 0.1) is 0 Å². The minimum absolute atomic E-state index is 0.0000128. The number of ketones is 1. The Hall–Kier alpha value is -2.58. The van der Waals surface area contributed by atoms with Gasteiger partial charge in [0.15, 0.2) is 0 Å². The quantitative estimate of drug-likeness (QED) is 0.415. The van der Waals surface area contributed by atoms with Gasteiger partial charge in [-0.15, -0.1) is 0 Å². The van der Waals surface area contributed by atoms with E-state index in [4.69, 9.17) is 13.9 Å². The Balaban J connectivity index is 1.79. The number of carbonyl (C=O) groups excluding carboxylic acids is 2. The van der Waals surface area contributed by atoms with Gasteiger partial charge in [-0.2, -0.15) is 0 Å². The number of benzene rings is 1. The van der Waals surface area contributed by atoms with E-state index in [9.17, 15) is 14.7 Å². The van der Waals surface area contributed by atoms with Crippen LogP contribution >= 0.6 is 15.9 Å². The summed E-state index contributed by atoms with van der Waals surface area (Å²) in [6.07, 6.45) is 3.07. The van der Waals surface area contributed by atoms with Crippen molar-refractivity contribution in [3.05, 3.63) is 58.0 Å². The lowest BCUT2D eigenvalue weighted by atomic mass is 9.99. The van der Waals surface area contributed by atoms with Crippen LogP contribution < -0.4 is 4.74 Å². The summed E-state index contributed by atoms with van der Waals surface area (Å²) in [5.74, 6) is -0.674. The van der Waals surface area contributed by atoms with Gasteiger partial charge in [-0.25, -0.2) is 0 Å².